The molecule has 0 amide bonds. The van der Waals surface area contributed by atoms with Crippen molar-refractivity contribution < 1.29 is 0 Å². The quantitative estimate of drug-likeness (QED) is 0.213. The lowest BCUT2D eigenvalue weighted by molar-refractivity contribution is 1.18. The van der Waals surface area contributed by atoms with Crippen molar-refractivity contribution in [2.75, 3.05) is 0 Å². The van der Waals surface area contributed by atoms with E-state index in [0.717, 1.165) is 22.4 Å². The summed E-state index contributed by atoms with van der Waals surface area (Å²) >= 11 is 0. The van der Waals surface area contributed by atoms with E-state index in [0.29, 0.717) is 0 Å². The minimum absolute atomic E-state index is 1.00. The van der Waals surface area contributed by atoms with Crippen molar-refractivity contribution in [2.45, 2.75) is 0 Å². The Morgan fingerprint density at radius 2 is 1.12 bits per heavy atom. The van der Waals surface area contributed by atoms with Crippen LogP contribution in [0.5, 0.6) is 0 Å². The third kappa shape index (κ3) is 2.86. The zero-order chi connectivity index (χ0) is 26.2. The second-order valence-corrected chi connectivity index (χ2v) is 10.4. The van der Waals surface area contributed by atoms with Gasteiger partial charge in [-0.2, -0.15) is 0 Å². The van der Waals surface area contributed by atoms with Crippen LogP contribution in [0.15, 0.2) is 140 Å². The number of rotatable bonds is 2. The van der Waals surface area contributed by atoms with Gasteiger partial charge >= 0.3 is 0 Å². The van der Waals surface area contributed by atoms with Crippen LogP contribution in [0.4, 0.5) is 0 Å². The molecule has 0 bridgehead atoms. The molecule has 0 atom stereocenters. The molecule has 3 heteroatoms. The Hall–Kier alpha value is -5.41. The van der Waals surface area contributed by atoms with Crippen LogP contribution in [0.25, 0.3) is 77.0 Å². The average Bonchev–Trinajstić information content (AvgIpc) is 3.58. The fourth-order valence-corrected chi connectivity index (χ4v) is 6.58. The van der Waals surface area contributed by atoms with Gasteiger partial charge in [0.2, 0.25) is 0 Å². The van der Waals surface area contributed by atoms with Crippen molar-refractivity contribution >= 4 is 60.2 Å². The van der Waals surface area contributed by atoms with Gasteiger partial charge in [-0.25, -0.2) is 4.98 Å². The first kappa shape index (κ1) is 21.5. The van der Waals surface area contributed by atoms with Gasteiger partial charge in [0.1, 0.15) is 5.65 Å². The van der Waals surface area contributed by atoms with E-state index in [1.54, 1.807) is 0 Å². The Labute approximate surface area is 230 Å². The van der Waals surface area contributed by atoms with Gasteiger partial charge in [-0.3, -0.25) is 4.40 Å². The standard InChI is InChI=1S/C37H23N3/c1-2-11-24(12-3-1)25-13-10-14-26(23-25)39-32-19-8-5-16-29(32)35-34(39)22-21-28-27-15-4-7-18-31(27)40-33-20-9-6-17-30(33)38-37(40)36(28)35/h1-23H. The summed E-state index contributed by atoms with van der Waals surface area (Å²) < 4.78 is 4.75. The molecule has 0 N–H and O–H groups in total. The maximum absolute atomic E-state index is 5.24. The lowest BCUT2D eigenvalue weighted by atomic mass is 10.0. The smallest absolute Gasteiger partial charge is 0.147 e. The van der Waals surface area contributed by atoms with Gasteiger partial charge in [-0.1, -0.05) is 97.1 Å². The highest BCUT2D eigenvalue weighted by Crippen LogP contribution is 2.42. The molecule has 40 heavy (non-hydrogen) atoms. The fraction of sp³-hybridized carbons (Fsp3) is 0. The first-order valence-electron chi connectivity index (χ1n) is 13.7. The molecule has 0 radical (unpaired) electrons. The summed E-state index contributed by atoms with van der Waals surface area (Å²) in [7, 11) is 0. The lowest BCUT2D eigenvalue weighted by Gasteiger charge is -2.12. The van der Waals surface area contributed by atoms with E-state index in [1.807, 2.05) is 0 Å². The highest BCUT2D eigenvalue weighted by Gasteiger charge is 2.20. The summed E-state index contributed by atoms with van der Waals surface area (Å²) in [6.45, 7) is 0. The van der Waals surface area contributed by atoms with Crippen molar-refractivity contribution in [3.05, 3.63) is 140 Å². The Kier molecular flexibility index (Phi) is 4.33. The van der Waals surface area contributed by atoms with Crippen molar-refractivity contribution in [3.63, 3.8) is 0 Å². The van der Waals surface area contributed by atoms with E-state index in [1.165, 1.54) is 54.6 Å². The molecule has 186 valence electrons. The number of hydrogen-bond donors (Lipinski definition) is 0. The first-order valence-corrected chi connectivity index (χ1v) is 13.7. The number of pyridine rings is 1. The maximum Gasteiger partial charge on any atom is 0.147 e. The average molecular weight is 510 g/mol. The number of para-hydroxylation sites is 4. The SMILES string of the molecule is c1ccc(-c2cccc(-n3c4ccccc4c4c5c(ccc43)c3ccccc3n3c4ccccc4nc53)c2)cc1. The summed E-state index contributed by atoms with van der Waals surface area (Å²) in [5.41, 5.74) is 10.3. The Morgan fingerprint density at radius 3 is 2.00 bits per heavy atom. The van der Waals surface area contributed by atoms with Crippen LogP contribution in [-0.4, -0.2) is 14.0 Å². The monoisotopic (exact) mass is 509 g/mol. The molecule has 3 nitrogen and oxygen atoms in total. The molecule has 0 spiro atoms. The Bertz CT molecular complexity index is 2430. The minimum Gasteiger partial charge on any atom is -0.309 e. The molecule has 0 aliphatic carbocycles. The summed E-state index contributed by atoms with van der Waals surface area (Å²) in [6.07, 6.45) is 0. The molecular weight excluding hydrogens is 486 g/mol. The predicted molar refractivity (Wildman–Crippen MR) is 167 cm³/mol. The van der Waals surface area contributed by atoms with Crippen LogP contribution in [0.2, 0.25) is 0 Å². The van der Waals surface area contributed by atoms with Gasteiger partial charge in [0, 0.05) is 27.2 Å². The number of aromatic nitrogens is 3. The van der Waals surface area contributed by atoms with Crippen LogP contribution < -0.4 is 0 Å². The van der Waals surface area contributed by atoms with Crippen molar-refractivity contribution in [2.24, 2.45) is 0 Å². The number of benzene rings is 6. The van der Waals surface area contributed by atoms with Gasteiger partial charge in [-0.15, -0.1) is 0 Å². The van der Waals surface area contributed by atoms with E-state index in [-0.39, 0.29) is 0 Å². The predicted octanol–water partition coefficient (Wildman–Crippen LogP) is 9.56. The van der Waals surface area contributed by atoms with Gasteiger partial charge in [0.25, 0.3) is 0 Å². The normalized spacial score (nSPS) is 12.0. The zero-order valence-electron chi connectivity index (χ0n) is 21.6. The molecule has 0 fully saturated rings. The number of hydrogen-bond acceptors (Lipinski definition) is 1. The van der Waals surface area contributed by atoms with Crippen LogP contribution >= 0.6 is 0 Å². The summed E-state index contributed by atoms with van der Waals surface area (Å²) in [5, 5.41) is 6.13. The highest BCUT2D eigenvalue weighted by atomic mass is 15.0. The van der Waals surface area contributed by atoms with E-state index in [4.69, 9.17) is 4.98 Å². The highest BCUT2D eigenvalue weighted by molar-refractivity contribution is 6.29. The van der Waals surface area contributed by atoms with Crippen molar-refractivity contribution in [1.29, 1.82) is 0 Å². The third-order valence-corrected chi connectivity index (χ3v) is 8.27. The molecule has 0 aliphatic heterocycles. The van der Waals surface area contributed by atoms with Gasteiger partial charge in [0.15, 0.2) is 0 Å². The largest absolute Gasteiger partial charge is 0.309 e. The Morgan fingerprint density at radius 1 is 0.425 bits per heavy atom. The molecule has 3 heterocycles. The topological polar surface area (TPSA) is 22.2 Å². The molecule has 0 saturated carbocycles. The first-order chi connectivity index (χ1) is 19.9. The van der Waals surface area contributed by atoms with Crippen molar-refractivity contribution in [3.8, 4) is 16.8 Å². The molecular formula is C37H23N3. The van der Waals surface area contributed by atoms with Gasteiger partial charge in [-0.05, 0) is 59.0 Å². The molecule has 0 unspecified atom stereocenters. The second-order valence-electron chi connectivity index (χ2n) is 10.4. The van der Waals surface area contributed by atoms with Gasteiger partial charge < -0.3 is 4.57 Å². The zero-order valence-corrected chi connectivity index (χ0v) is 21.6. The lowest BCUT2D eigenvalue weighted by Crippen LogP contribution is -1.95. The third-order valence-electron chi connectivity index (χ3n) is 8.27. The fourth-order valence-electron chi connectivity index (χ4n) is 6.58. The van der Waals surface area contributed by atoms with Crippen LogP contribution in [0.3, 0.4) is 0 Å². The maximum atomic E-state index is 5.24. The van der Waals surface area contributed by atoms with Gasteiger partial charge in [0.05, 0.1) is 27.6 Å². The molecule has 0 saturated heterocycles. The van der Waals surface area contributed by atoms with Crippen LogP contribution in [-0.2, 0) is 0 Å². The summed E-state index contributed by atoms with van der Waals surface area (Å²) in [6, 6.07) is 49.9. The number of nitrogens with zero attached hydrogens (tertiary/aromatic N) is 3. The Balaban J connectivity index is 1.49. The number of imidazole rings is 1. The molecule has 3 aromatic heterocycles. The molecule has 9 rings (SSSR count). The second kappa shape index (κ2) is 8.05. The number of fused-ring (bicyclic) bond motifs is 12. The minimum atomic E-state index is 1.00. The van der Waals surface area contributed by atoms with Crippen LogP contribution in [0.1, 0.15) is 0 Å². The summed E-state index contributed by atoms with van der Waals surface area (Å²) in [4.78, 5) is 5.24. The van der Waals surface area contributed by atoms with E-state index < -0.39 is 0 Å². The van der Waals surface area contributed by atoms with Crippen LogP contribution in [0, 0.1) is 0 Å². The van der Waals surface area contributed by atoms with E-state index >= 15 is 0 Å². The molecule has 9 aromatic rings. The van der Waals surface area contributed by atoms with E-state index in [2.05, 4.69) is 148 Å². The molecule has 0 aliphatic rings. The van der Waals surface area contributed by atoms with Crippen molar-refractivity contribution in [1.82, 2.24) is 14.0 Å². The van der Waals surface area contributed by atoms with E-state index in [9.17, 15) is 0 Å². The molecule has 6 aromatic carbocycles. The summed E-state index contributed by atoms with van der Waals surface area (Å²) in [5.74, 6) is 0.